The van der Waals surface area contributed by atoms with Crippen LogP contribution in [-0.4, -0.2) is 30.4 Å². The number of nitrogens with zero attached hydrogens (tertiary/aromatic N) is 1. The van der Waals surface area contributed by atoms with Crippen molar-refractivity contribution < 1.29 is 31.8 Å². The molecule has 0 amide bonds. The van der Waals surface area contributed by atoms with Crippen molar-refractivity contribution in [3.63, 3.8) is 0 Å². The molecule has 0 atom stereocenters. The van der Waals surface area contributed by atoms with Crippen molar-refractivity contribution in [3.05, 3.63) is 0 Å². The van der Waals surface area contributed by atoms with Gasteiger partial charge in [-0.25, -0.2) is 12.7 Å². The van der Waals surface area contributed by atoms with E-state index in [1.807, 2.05) is 0 Å². The molecule has 0 rings (SSSR count). The fraction of sp³-hybridized carbons (Fsp3) is 0.600. The normalized spacial score (nSPS) is 10.4. The van der Waals surface area contributed by atoms with E-state index in [0.29, 0.717) is 4.31 Å². The van der Waals surface area contributed by atoms with Crippen molar-refractivity contribution in [2.75, 3.05) is 13.1 Å². The van der Waals surface area contributed by atoms with Crippen molar-refractivity contribution in [1.29, 1.82) is 0 Å². The molecule has 0 heterocycles. The Kier molecular flexibility index (Phi) is 6.99. The topological polar surface area (TPSA) is 60.4 Å². The summed E-state index contributed by atoms with van der Waals surface area (Å²) in [6, 6.07) is 0. The summed E-state index contributed by atoms with van der Waals surface area (Å²) >= 11 is 0. The largest absolute Gasteiger partial charge is 1.00 e. The molecular weight excluding hydrogens is 161 g/mol. The monoisotopic (exact) mass is 169 g/mol. The first kappa shape index (κ1) is 13.6. The second kappa shape index (κ2) is 5.65. The minimum absolute atomic E-state index is 0. The number of hydrogen-bond acceptors (Lipinski definition) is 3. The molecule has 0 saturated carbocycles. The van der Waals surface area contributed by atoms with Crippen molar-refractivity contribution >= 4 is 10.3 Å². The van der Waals surface area contributed by atoms with Gasteiger partial charge in [0, 0.05) is 6.54 Å². The summed E-state index contributed by atoms with van der Waals surface area (Å²) in [5.74, 6) is 2.07. The Morgan fingerprint density at radius 3 is 2.18 bits per heavy atom. The fourth-order valence-electron chi connectivity index (χ4n) is 0.451. The molecule has 11 heavy (non-hydrogen) atoms. The third-order valence-corrected chi connectivity index (χ3v) is 1.96. The van der Waals surface area contributed by atoms with E-state index < -0.39 is 10.3 Å². The van der Waals surface area contributed by atoms with Gasteiger partial charge in [-0.3, -0.25) is 0 Å². The third kappa shape index (κ3) is 5.31. The standard InChI is InChI=1S/C5H9NO3S.Li/c1-3-5-6(4-2)10(7,8)9;/h1H,4-5H2,2H3,(H,7,8,9);/q;+1/p-1. The van der Waals surface area contributed by atoms with E-state index >= 15 is 0 Å². The van der Waals surface area contributed by atoms with Crippen LogP contribution < -0.4 is 18.9 Å². The Morgan fingerprint density at radius 1 is 1.64 bits per heavy atom. The Bertz CT molecular complexity index is 231. The average molecular weight is 169 g/mol. The molecule has 6 heteroatoms. The van der Waals surface area contributed by atoms with Crippen LogP contribution >= 0.6 is 0 Å². The van der Waals surface area contributed by atoms with Crippen LogP contribution in [0.1, 0.15) is 6.92 Å². The second-order valence-corrected chi connectivity index (χ2v) is 2.96. The molecule has 0 fully saturated rings. The van der Waals surface area contributed by atoms with E-state index in [9.17, 15) is 13.0 Å². The van der Waals surface area contributed by atoms with E-state index in [1.165, 1.54) is 0 Å². The zero-order valence-electron chi connectivity index (χ0n) is 6.57. The number of hydrogen-bond donors (Lipinski definition) is 0. The quantitative estimate of drug-likeness (QED) is 0.249. The molecule has 4 nitrogen and oxygen atoms in total. The summed E-state index contributed by atoms with van der Waals surface area (Å²) in [7, 11) is -4.34. The van der Waals surface area contributed by atoms with Crippen LogP contribution in [0.15, 0.2) is 0 Å². The third-order valence-electron chi connectivity index (χ3n) is 0.937. The van der Waals surface area contributed by atoms with Crippen LogP contribution in [0.25, 0.3) is 0 Å². The van der Waals surface area contributed by atoms with Gasteiger partial charge in [0.2, 0.25) is 0 Å². The number of terminal acetylenes is 1. The molecule has 0 aromatic heterocycles. The van der Waals surface area contributed by atoms with Gasteiger partial charge >= 0.3 is 18.9 Å². The molecule has 0 N–H and O–H groups in total. The van der Waals surface area contributed by atoms with Crippen molar-refractivity contribution in [3.8, 4) is 12.3 Å². The SMILES string of the molecule is C#CCN(CC)S(=O)(=O)[O-].[Li+]. The number of rotatable bonds is 3. The van der Waals surface area contributed by atoms with E-state index in [1.54, 1.807) is 6.92 Å². The first-order chi connectivity index (χ1) is 4.52. The van der Waals surface area contributed by atoms with Crippen molar-refractivity contribution in [2.24, 2.45) is 0 Å². The molecule has 0 aliphatic heterocycles. The molecule has 0 bridgehead atoms. The maximum atomic E-state index is 10.2. The van der Waals surface area contributed by atoms with Gasteiger partial charge in [-0.2, -0.15) is 0 Å². The molecule has 0 radical (unpaired) electrons. The first-order valence-electron chi connectivity index (χ1n) is 2.66. The summed E-state index contributed by atoms with van der Waals surface area (Å²) in [4.78, 5) is 0. The summed E-state index contributed by atoms with van der Waals surface area (Å²) in [6.45, 7) is 1.52. The van der Waals surface area contributed by atoms with Crippen LogP contribution in [0.3, 0.4) is 0 Å². The maximum absolute atomic E-state index is 10.2. The summed E-state index contributed by atoms with van der Waals surface area (Å²) in [5.41, 5.74) is 0. The predicted octanol–water partition coefficient (Wildman–Crippen LogP) is -3.59. The molecule has 58 valence electrons. The Labute approximate surface area is 79.0 Å². The second-order valence-electron chi connectivity index (χ2n) is 1.59. The van der Waals surface area contributed by atoms with Gasteiger partial charge in [-0.15, -0.1) is 6.42 Å². The molecule has 0 aromatic rings. The maximum Gasteiger partial charge on any atom is 1.00 e. The van der Waals surface area contributed by atoms with Gasteiger partial charge in [0.1, 0.15) is 0 Å². The van der Waals surface area contributed by atoms with Crippen LogP contribution in [0, 0.1) is 12.3 Å². The zero-order chi connectivity index (χ0) is 8.20. The Hall–Kier alpha value is 0.0274. The minimum atomic E-state index is -4.34. The van der Waals surface area contributed by atoms with E-state index in [4.69, 9.17) is 6.42 Å². The van der Waals surface area contributed by atoms with Crippen LogP contribution in [0.5, 0.6) is 0 Å². The van der Waals surface area contributed by atoms with E-state index in [0.717, 1.165) is 0 Å². The molecule has 0 spiro atoms. The fourth-order valence-corrected chi connectivity index (χ4v) is 1.000. The minimum Gasteiger partial charge on any atom is -0.735 e. The molecule has 0 aliphatic carbocycles. The summed E-state index contributed by atoms with van der Waals surface area (Å²) < 4.78 is 31.4. The van der Waals surface area contributed by atoms with Gasteiger partial charge in [0.25, 0.3) is 0 Å². The van der Waals surface area contributed by atoms with Gasteiger partial charge in [-0.05, 0) is 0 Å². The van der Waals surface area contributed by atoms with Crippen LogP contribution in [0.2, 0.25) is 0 Å². The molecule has 0 unspecified atom stereocenters. The Balaban J connectivity index is 0. The van der Waals surface area contributed by atoms with E-state index in [-0.39, 0.29) is 32.0 Å². The molecule has 0 aromatic carbocycles. The zero-order valence-corrected chi connectivity index (χ0v) is 7.39. The van der Waals surface area contributed by atoms with Crippen LogP contribution in [0.4, 0.5) is 0 Å². The molecular formula is C5H8LiNO3S. The summed E-state index contributed by atoms with van der Waals surface area (Å²) in [5, 5.41) is 0. The van der Waals surface area contributed by atoms with Crippen molar-refractivity contribution in [2.45, 2.75) is 6.92 Å². The van der Waals surface area contributed by atoms with Crippen LogP contribution in [-0.2, 0) is 10.3 Å². The Morgan fingerprint density at radius 2 is 2.09 bits per heavy atom. The molecule has 0 saturated heterocycles. The van der Waals surface area contributed by atoms with Gasteiger partial charge in [0.05, 0.1) is 6.54 Å². The molecule has 0 aliphatic rings. The van der Waals surface area contributed by atoms with Gasteiger partial charge in [0.15, 0.2) is 10.3 Å². The smallest absolute Gasteiger partial charge is 0.735 e. The summed E-state index contributed by atoms with van der Waals surface area (Å²) in [6.07, 6.45) is 4.81. The predicted molar refractivity (Wildman–Crippen MR) is 35.8 cm³/mol. The van der Waals surface area contributed by atoms with E-state index in [2.05, 4.69) is 5.92 Å². The first-order valence-corrected chi connectivity index (χ1v) is 4.03. The van der Waals surface area contributed by atoms with Gasteiger partial charge < -0.3 is 4.55 Å². The van der Waals surface area contributed by atoms with Gasteiger partial charge in [-0.1, -0.05) is 12.8 Å². The average Bonchev–Trinajstić information content (AvgIpc) is 1.80. The van der Waals surface area contributed by atoms with Crippen molar-refractivity contribution in [1.82, 2.24) is 4.31 Å².